The molecule has 1 atom stereocenters. The van der Waals surface area contributed by atoms with Gasteiger partial charge < -0.3 is 14.6 Å². The van der Waals surface area contributed by atoms with E-state index in [1.807, 2.05) is 0 Å². The topological polar surface area (TPSA) is 72.8 Å². The van der Waals surface area contributed by atoms with E-state index in [4.69, 9.17) is 9.47 Å². The second-order valence-corrected chi connectivity index (χ2v) is 25.3. The molecule has 1 N–H and O–H groups in total. The van der Waals surface area contributed by atoms with Gasteiger partial charge in [-0.25, -0.2) is 0 Å². The quantitative estimate of drug-likeness (QED) is 0.0373. The second kappa shape index (κ2) is 76.1. The van der Waals surface area contributed by atoms with Gasteiger partial charge in [0.25, 0.3) is 0 Å². The van der Waals surface area contributed by atoms with Crippen molar-refractivity contribution in [1.29, 1.82) is 0 Å². The molecule has 5 nitrogen and oxygen atoms in total. The average molecular weight is 1200 g/mol. The molecule has 0 aliphatic rings. The number of aliphatic hydroxyl groups is 1. The number of aliphatic hydroxyl groups excluding tert-OH is 1. The molecule has 0 saturated carbocycles. The highest BCUT2D eigenvalue weighted by Crippen LogP contribution is 2.19. The zero-order valence-electron chi connectivity index (χ0n) is 57.3. The van der Waals surface area contributed by atoms with Crippen LogP contribution in [0.1, 0.15) is 386 Å². The van der Waals surface area contributed by atoms with Crippen LogP contribution in [0.15, 0.2) is 97.2 Å². The van der Waals surface area contributed by atoms with Crippen molar-refractivity contribution < 1.29 is 24.2 Å². The average Bonchev–Trinajstić information content (AvgIpc) is 3.55. The molecular weight excluding hydrogens is 1050 g/mol. The van der Waals surface area contributed by atoms with Crippen molar-refractivity contribution in [2.45, 2.75) is 392 Å². The standard InChI is InChI=1S/C81H144O5/c1-3-5-7-9-11-13-15-17-19-21-23-25-27-29-31-33-35-37-38-39-40-41-42-44-46-48-50-52-54-56-58-60-62-64-66-68-70-72-74-76-81(84)86-79(77-82)78-85-80(83)75-73-71-69-67-65-63-61-59-57-55-53-51-49-47-45-43-36-34-32-30-28-26-24-22-20-18-16-14-12-10-8-6-4-2/h5-8,11-14,17-20,23-26,79,82H,3-4,9-10,15-16,21-22,27-78H2,1-2H3/b7-5-,8-6-,13-11-,14-12-,19-17-,20-18-,25-23-,26-24-. The van der Waals surface area contributed by atoms with Crippen LogP contribution in [0.25, 0.3) is 0 Å². The Bertz CT molecular complexity index is 1600. The first-order valence-corrected chi connectivity index (χ1v) is 37.8. The molecule has 0 aromatic carbocycles. The fourth-order valence-electron chi connectivity index (χ4n) is 11.3. The summed E-state index contributed by atoms with van der Waals surface area (Å²) in [5.41, 5.74) is 0. The molecule has 0 rings (SSSR count). The Balaban J connectivity index is 3.39. The summed E-state index contributed by atoms with van der Waals surface area (Å²) in [4.78, 5) is 24.7. The van der Waals surface area contributed by atoms with Crippen LogP contribution in [-0.4, -0.2) is 36.4 Å². The van der Waals surface area contributed by atoms with Gasteiger partial charge in [-0.3, -0.25) is 9.59 Å². The summed E-state index contributed by atoms with van der Waals surface area (Å²) >= 11 is 0. The first kappa shape index (κ1) is 82.8. The zero-order chi connectivity index (χ0) is 61.9. The van der Waals surface area contributed by atoms with Gasteiger partial charge in [0.15, 0.2) is 6.10 Å². The largest absolute Gasteiger partial charge is 0.462 e. The molecule has 0 bridgehead atoms. The summed E-state index contributed by atoms with van der Waals surface area (Å²) in [5.74, 6) is -0.570. The predicted molar refractivity (Wildman–Crippen MR) is 380 cm³/mol. The number of rotatable bonds is 70. The molecule has 0 amide bonds. The molecular formula is C81H144O5. The molecule has 0 fully saturated rings. The first-order valence-electron chi connectivity index (χ1n) is 37.8. The van der Waals surface area contributed by atoms with Crippen molar-refractivity contribution in [3.63, 3.8) is 0 Å². The number of ether oxygens (including phenoxy) is 2. The number of hydrogen-bond donors (Lipinski definition) is 1. The molecule has 0 saturated heterocycles. The lowest BCUT2D eigenvalue weighted by atomic mass is 10.0. The van der Waals surface area contributed by atoms with E-state index in [9.17, 15) is 14.7 Å². The number of carbonyl (C=O) groups excluding carboxylic acids is 2. The lowest BCUT2D eigenvalue weighted by Crippen LogP contribution is -2.28. The summed E-state index contributed by atoms with van der Waals surface area (Å²) in [6.45, 7) is 3.96. The Morgan fingerprint density at radius 3 is 0.698 bits per heavy atom. The monoisotopic (exact) mass is 1200 g/mol. The third-order valence-electron chi connectivity index (χ3n) is 16.9. The van der Waals surface area contributed by atoms with Gasteiger partial charge in [0.05, 0.1) is 6.61 Å². The molecule has 0 radical (unpaired) electrons. The highest BCUT2D eigenvalue weighted by atomic mass is 16.6. The van der Waals surface area contributed by atoms with Gasteiger partial charge in [-0.15, -0.1) is 0 Å². The van der Waals surface area contributed by atoms with Crippen LogP contribution in [-0.2, 0) is 19.1 Å². The molecule has 0 aliphatic heterocycles. The van der Waals surface area contributed by atoms with Crippen LogP contribution >= 0.6 is 0 Å². The lowest BCUT2D eigenvalue weighted by Gasteiger charge is -2.15. The molecule has 86 heavy (non-hydrogen) atoms. The van der Waals surface area contributed by atoms with Gasteiger partial charge in [-0.2, -0.15) is 0 Å². The molecule has 5 heteroatoms. The van der Waals surface area contributed by atoms with E-state index in [2.05, 4.69) is 111 Å². The number of esters is 2. The van der Waals surface area contributed by atoms with E-state index in [-0.39, 0.29) is 25.2 Å². The van der Waals surface area contributed by atoms with Crippen molar-refractivity contribution in [2.75, 3.05) is 13.2 Å². The fourth-order valence-corrected chi connectivity index (χ4v) is 11.3. The predicted octanol–water partition coefficient (Wildman–Crippen LogP) is 26.5. The summed E-state index contributed by atoms with van der Waals surface area (Å²) in [6.07, 6.45) is 109. The molecule has 498 valence electrons. The van der Waals surface area contributed by atoms with Crippen molar-refractivity contribution >= 4 is 11.9 Å². The van der Waals surface area contributed by atoms with Crippen LogP contribution in [0.3, 0.4) is 0 Å². The van der Waals surface area contributed by atoms with E-state index in [0.29, 0.717) is 12.8 Å². The van der Waals surface area contributed by atoms with Crippen LogP contribution < -0.4 is 0 Å². The molecule has 0 aliphatic carbocycles. The van der Waals surface area contributed by atoms with Crippen molar-refractivity contribution in [3.8, 4) is 0 Å². The van der Waals surface area contributed by atoms with Crippen molar-refractivity contribution in [3.05, 3.63) is 97.2 Å². The Hall–Kier alpha value is -3.18. The summed E-state index contributed by atoms with van der Waals surface area (Å²) < 4.78 is 10.8. The number of unbranched alkanes of at least 4 members (excludes halogenated alkanes) is 46. The Kier molecular flexibility index (Phi) is 73.3. The molecule has 0 aromatic rings. The van der Waals surface area contributed by atoms with Crippen molar-refractivity contribution in [2.24, 2.45) is 0 Å². The molecule has 0 spiro atoms. The number of allylic oxidation sites excluding steroid dienone is 16. The van der Waals surface area contributed by atoms with Gasteiger partial charge in [-0.1, -0.05) is 381 Å². The maximum atomic E-state index is 12.4. The summed E-state index contributed by atoms with van der Waals surface area (Å²) in [7, 11) is 0. The summed E-state index contributed by atoms with van der Waals surface area (Å²) in [6, 6.07) is 0. The third-order valence-corrected chi connectivity index (χ3v) is 16.9. The minimum atomic E-state index is -0.773. The van der Waals surface area contributed by atoms with Gasteiger partial charge >= 0.3 is 11.9 Å². The van der Waals surface area contributed by atoms with Crippen molar-refractivity contribution in [1.82, 2.24) is 0 Å². The van der Waals surface area contributed by atoms with Gasteiger partial charge in [0.2, 0.25) is 0 Å². The van der Waals surface area contributed by atoms with Gasteiger partial charge in [0.1, 0.15) is 6.61 Å². The smallest absolute Gasteiger partial charge is 0.306 e. The van der Waals surface area contributed by atoms with Crippen LogP contribution in [0.2, 0.25) is 0 Å². The normalized spacial score (nSPS) is 12.7. The summed E-state index contributed by atoms with van der Waals surface area (Å²) in [5, 5.41) is 9.72. The van der Waals surface area contributed by atoms with E-state index in [1.165, 1.54) is 270 Å². The third kappa shape index (κ3) is 73.3. The molecule has 0 heterocycles. The van der Waals surface area contributed by atoms with E-state index in [1.54, 1.807) is 0 Å². The maximum absolute atomic E-state index is 12.4. The Morgan fingerprint density at radius 1 is 0.267 bits per heavy atom. The molecule has 0 aromatic heterocycles. The fraction of sp³-hybridized carbons (Fsp3) is 0.778. The second-order valence-electron chi connectivity index (χ2n) is 25.3. The highest BCUT2D eigenvalue weighted by Gasteiger charge is 2.16. The number of hydrogen-bond acceptors (Lipinski definition) is 5. The van der Waals surface area contributed by atoms with Crippen LogP contribution in [0, 0.1) is 0 Å². The highest BCUT2D eigenvalue weighted by molar-refractivity contribution is 5.70. The Labute approximate surface area is 536 Å². The SMILES string of the molecule is CC/C=C\C/C=C\C/C=C\C/C=C\CCCCCCCCCCCCCCCCCCCCCCCCCCCCC(=O)OC(CO)COC(=O)CCCCCCCCCCCCCCCCCCCCCC/C=C\C/C=C\C/C=C\C/C=C\CC. The van der Waals surface area contributed by atoms with Crippen LogP contribution in [0.4, 0.5) is 0 Å². The van der Waals surface area contributed by atoms with E-state index >= 15 is 0 Å². The minimum absolute atomic E-state index is 0.0622. The van der Waals surface area contributed by atoms with E-state index < -0.39 is 6.10 Å². The van der Waals surface area contributed by atoms with Gasteiger partial charge in [0, 0.05) is 12.8 Å². The van der Waals surface area contributed by atoms with Gasteiger partial charge in [-0.05, 0) is 89.9 Å². The molecule has 1 unspecified atom stereocenters. The maximum Gasteiger partial charge on any atom is 0.306 e. The lowest BCUT2D eigenvalue weighted by molar-refractivity contribution is -0.161. The minimum Gasteiger partial charge on any atom is -0.462 e. The van der Waals surface area contributed by atoms with Crippen LogP contribution in [0.5, 0.6) is 0 Å². The van der Waals surface area contributed by atoms with E-state index in [0.717, 1.165) is 89.9 Å². The number of carbonyl (C=O) groups is 2. The Morgan fingerprint density at radius 2 is 0.465 bits per heavy atom. The first-order chi connectivity index (χ1) is 42.6. The zero-order valence-corrected chi connectivity index (χ0v) is 57.3.